The molecule has 4 rings (SSSR count). The number of nitrogens with one attached hydrogen (secondary N) is 1. The number of hydrogen-bond donors (Lipinski definition) is 1. The lowest BCUT2D eigenvalue weighted by atomic mass is 10.1. The molecule has 0 unspecified atom stereocenters. The highest BCUT2D eigenvalue weighted by Crippen LogP contribution is 2.31. The summed E-state index contributed by atoms with van der Waals surface area (Å²) in [5.41, 5.74) is 3.70. The van der Waals surface area contributed by atoms with Crippen molar-refractivity contribution in [1.29, 1.82) is 0 Å². The highest BCUT2D eigenvalue weighted by Gasteiger charge is 2.11. The normalized spacial score (nSPS) is 11.2. The molecule has 4 nitrogen and oxygen atoms in total. The van der Waals surface area contributed by atoms with Crippen molar-refractivity contribution in [3.05, 3.63) is 58.7 Å². The number of carbonyl (C=O) groups is 1. The Balaban J connectivity index is 1.78. The van der Waals surface area contributed by atoms with E-state index in [1.54, 1.807) is 18.4 Å². The van der Waals surface area contributed by atoms with E-state index in [9.17, 15) is 4.79 Å². The fourth-order valence-electron chi connectivity index (χ4n) is 2.55. The van der Waals surface area contributed by atoms with E-state index in [0.717, 1.165) is 26.2 Å². The number of nitrogens with zero attached hydrogens (tertiary/aromatic N) is 2. The standard InChI is InChI=1S/C17H12BrN3OS/c1-19-16(22)11-4-2-10(3-5-11)13-9-21-14-7-6-12(18)8-15(14)23-17(21)20-13/h2-9H,1H3,(H,19,22). The van der Waals surface area contributed by atoms with Crippen LogP contribution in [0.15, 0.2) is 53.1 Å². The first kappa shape index (κ1) is 14.4. The number of halogens is 1. The van der Waals surface area contributed by atoms with Crippen molar-refractivity contribution >= 4 is 48.4 Å². The smallest absolute Gasteiger partial charge is 0.251 e. The Morgan fingerprint density at radius 3 is 2.74 bits per heavy atom. The first-order valence-corrected chi connectivity index (χ1v) is 8.66. The SMILES string of the molecule is CNC(=O)c1ccc(-c2cn3c(n2)sc2cc(Br)ccc23)cc1. The van der Waals surface area contributed by atoms with E-state index in [4.69, 9.17) is 4.98 Å². The molecule has 2 aromatic carbocycles. The number of amides is 1. The van der Waals surface area contributed by atoms with Crippen molar-refractivity contribution in [1.82, 2.24) is 14.7 Å². The summed E-state index contributed by atoms with van der Waals surface area (Å²) in [5.74, 6) is -0.0843. The summed E-state index contributed by atoms with van der Waals surface area (Å²) < 4.78 is 4.37. The van der Waals surface area contributed by atoms with Crippen molar-refractivity contribution in [2.24, 2.45) is 0 Å². The Morgan fingerprint density at radius 2 is 2.00 bits per heavy atom. The number of imidazole rings is 1. The molecule has 0 saturated carbocycles. The van der Waals surface area contributed by atoms with Crippen LogP contribution in [0.2, 0.25) is 0 Å². The first-order chi connectivity index (χ1) is 11.2. The lowest BCUT2D eigenvalue weighted by Gasteiger charge is -2.01. The zero-order chi connectivity index (χ0) is 16.0. The largest absolute Gasteiger partial charge is 0.355 e. The Morgan fingerprint density at radius 1 is 1.22 bits per heavy atom. The van der Waals surface area contributed by atoms with Gasteiger partial charge in [-0.05, 0) is 30.3 Å². The molecule has 1 amide bonds. The number of hydrogen-bond acceptors (Lipinski definition) is 3. The van der Waals surface area contributed by atoms with Gasteiger partial charge in [0.1, 0.15) is 0 Å². The summed E-state index contributed by atoms with van der Waals surface area (Å²) in [5, 5.41) is 2.62. The lowest BCUT2D eigenvalue weighted by Crippen LogP contribution is -2.17. The van der Waals surface area contributed by atoms with Crippen LogP contribution in [0, 0.1) is 0 Å². The zero-order valence-corrected chi connectivity index (χ0v) is 14.6. The van der Waals surface area contributed by atoms with Gasteiger partial charge in [0, 0.05) is 28.8 Å². The van der Waals surface area contributed by atoms with Gasteiger partial charge < -0.3 is 5.32 Å². The molecule has 4 aromatic rings. The monoisotopic (exact) mass is 385 g/mol. The molecule has 2 heterocycles. The summed E-state index contributed by atoms with van der Waals surface area (Å²) in [6.07, 6.45) is 2.04. The average Bonchev–Trinajstić information content (AvgIpc) is 3.11. The molecular weight excluding hydrogens is 374 g/mol. The van der Waals surface area contributed by atoms with E-state index >= 15 is 0 Å². The number of aromatic nitrogens is 2. The van der Waals surface area contributed by atoms with Crippen LogP contribution >= 0.6 is 27.3 Å². The molecule has 114 valence electrons. The van der Waals surface area contributed by atoms with Crippen LogP contribution in [0.25, 0.3) is 26.4 Å². The zero-order valence-electron chi connectivity index (χ0n) is 12.2. The molecule has 0 radical (unpaired) electrons. The molecule has 0 fully saturated rings. The van der Waals surface area contributed by atoms with E-state index in [0.29, 0.717) is 5.56 Å². The highest BCUT2D eigenvalue weighted by atomic mass is 79.9. The topological polar surface area (TPSA) is 46.4 Å². The van der Waals surface area contributed by atoms with Gasteiger partial charge in [-0.3, -0.25) is 9.20 Å². The van der Waals surface area contributed by atoms with Gasteiger partial charge in [0.2, 0.25) is 0 Å². The Labute approximate surface area is 144 Å². The summed E-state index contributed by atoms with van der Waals surface area (Å²) in [6, 6.07) is 13.7. The molecule has 1 N–H and O–H groups in total. The molecule has 6 heteroatoms. The van der Waals surface area contributed by atoms with Crippen molar-refractivity contribution in [2.45, 2.75) is 0 Å². The second kappa shape index (κ2) is 5.47. The minimum Gasteiger partial charge on any atom is -0.355 e. The fraction of sp³-hybridized carbons (Fsp3) is 0.0588. The van der Waals surface area contributed by atoms with Gasteiger partial charge in [0.05, 0.1) is 15.9 Å². The second-order valence-electron chi connectivity index (χ2n) is 5.15. The van der Waals surface area contributed by atoms with Crippen LogP contribution in [-0.2, 0) is 0 Å². The van der Waals surface area contributed by atoms with Crippen molar-refractivity contribution in [3.8, 4) is 11.3 Å². The minimum atomic E-state index is -0.0843. The third kappa shape index (κ3) is 2.44. The summed E-state index contributed by atoms with van der Waals surface area (Å²) in [6.45, 7) is 0. The van der Waals surface area contributed by atoms with Gasteiger partial charge in [0.25, 0.3) is 5.91 Å². The van der Waals surface area contributed by atoms with E-state index in [1.807, 2.05) is 36.5 Å². The van der Waals surface area contributed by atoms with E-state index in [2.05, 4.69) is 37.8 Å². The highest BCUT2D eigenvalue weighted by molar-refractivity contribution is 9.10. The lowest BCUT2D eigenvalue weighted by molar-refractivity contribution is 0.0963. The summed E-state index contributed by atoms with van der Waals surface area (Å²) in [4.78, 5) is 17.3. The molecule has 0 spiro atoms. The molecule has 0 aliphatic carbocycles. The van der Waals surface area contributed by atoms with E-state index in [-0.39, 0.29) is 5.91 Å². The van der Waals surface area contributed by atoms with Crippen LogP contribution in [0.4, 0.5) is 0 Å². The van der Waals surface area contributed by atoms with Gasteiger partial charge in [-0.1, -0.05) is 39.4 Å². The molecule has 2 aromatic heterocycles. The molecule has 0 bridgehead atoms. The van der Waals surface area contributed by atoms with Gasteiger partial charge in [-0.15, -0.1) is 0 Å². The summed E-state index contributed by atoms with van der Waals surface area (Å²) >= 11 is 5.16. The fourth-order valence-corrected chi connectivity index (χ4v) is 4.11. The Kier molecular flexibility index (Phi) is 3.43. The minimum absolute atomic E-state index is 0.0843. The third-order valence-electron chi connectivity index (χ3n) is 3.73. The number of fused-ring (bicyclic) bond motifs is 3. The first-order valence-electron chi connectivity index (χ1n) is 7.05. The molecule has 23 heavy (non-hydrogen) atoms. The number of thiazole rings is 1. The molecule has 0 aliphatic heterocycles. The van der Waals surface area contributed by atoms with E-state index in [1.165, 1.54) is 4.70 Å². The van der Waals surface area contributed by atoms with Crippen LogP contribution in [0.3, 0.4) is 0 Å². The Hall–Kier alpha value is -2.18. The molecule has 0 aliphatic rings. The number of rotatable bonds is 2. The molecule has 0 saturated heterocycles. The maximum atomic E-state index is 11.6. The van der Waals surface area contributed by atoms with E-state index < -0.39 is 0 Å². The van der Waals surface area contributed by atoms with Crippen molar-refractivity contribution < 1.29 is 4.79 Å². The predicted molar refractivity (Wildman–Crippen MR) is 97.1 cm³/mol. The van der Waals surface area contributed by atoms with Crippen LogP contribution in [0.1, 0.15) is 10.4 Å². The maximum Gasteiger partial charge on any atom is 0.251 e. The van der Waals surface area contributed by atoms with Gasteiger partial charge in [-0.25, -0.2) is 4.98 Å². The van der Waals surface area contributed by atoms with Crippen LogP contribution < -0.4 is 5.32 Å². The number of benzene rings is 2. The summed E-state index contributed by atoms with van der Waals surface area (Å²) in [7, 11) is 1.63. The van der Waals surface area contributed by atoms with Crippen LogP contribution in [0.5, 0.6) is 0 Å². The number of carbonyl (C=O) groups excluding carboxylic acids is 1. The van der Waals surface area contributed by atoms with Gasteiger partial charge in [0.15, 0.2) is 4.96 Å². The van der Waals surface area contributed by atoms with Gasteiger partial charge in [-0.2, -0.15) is 0 Å². The molecule has 0 atom stereocenters. The molecular formula is C17H12BrN3OS. The Bertz CT molecular complexity index is 1030. The average molecular weight is 386 g/mol. The second-order valence-corrected chi connectivity index (χ2v) is 7.07. The van der Waals surface area contributed by atoms with Crippen molar-refractivity contribution in [2.75, 3.05) is 7.05 Å². The quantitative estimate of drug-likeness (QED) is 0.557. The van der Waals surface area contributed by atoms with Crippen molar-refractivity contribution in [3.63, 3.8) is 0 Å². The van der Waals surface area contributed by atoms with Crippen LogP contribution in [-0.4, -0.2) is 22.3 Å². The van der Waals surface area contributed by atoms with Gasteiger partial charge >= 0.3 is 0 Å². The third-order valence-corrected chi connectivity index (χ3v) is 5.24. The predicted octanol–water partition coefficient (Wildman–Crippen LogP) is 4.34. The maximum absolute atomic E-state index is 11.6.